The number of amides is 2. The van der Waals surface area contributed by atoms with Crippen molar-refractivity contribution < 1.29 is 9.59 Å². The van der Waals surface area contributed by atoms with Crippen molar-refractivity contribution in [3.63, 3.8) is 0 Å². The molecule has 1 N–H and O–H groups in total. The van der Waals surface area contributed by atoms with Crippen molar-refractivity contribution in [2.75, 3.05) is 19.6 Å². The van der Waals surface area contributed by atoms with E-state index >= 15 is 0 Å². The lowest BCUT2D eigenvalue weighted by molar-refractivity contribution is -0.130. The van der Waals surface area contributed by atoms with Crippen molar-refractivity contribution in [3.8, 4) is 0 Å². The summed E-state index contributed by atoms with van der Waals surface area (Å²) in [6.45, 7) is 3.69. The monoisotopic (exact) mass is 342 g/mol. The molecule has 25 heavy (non-hydrogen) atoms. The van der Waals surface area contributed by atoms with Crippen molar-refractivity contribution in [3.05, 3.63) is 40.4 Å². The van der Waals surface area contributed by atoms with Crippen molar-refractivity contribution in [1.29, 1.82) is 0 Å². The number of para-hydroxylation sites is 1. The first kappa shape index (κ1) is 17.1. The quantitative estimate of drug-likeness (QED) is 0.872. The molecule has 0 atom stereocenters. The van der Waals surface area contributed by atoms with Crippen LogP contribution in [0.3, 0.4) is 0 Å². The summed E-state index contributed by atoms with van der Waals surface area (Å²) in [7, 11) is 0. The third kappa shape index (κ3) is 3.87. The van der Waals surface area contributed by atoms with E-state index < -0.39 is 0 Å². The molecule has 7 heteroatoms. The Morgan fingerprint density at radius 1 is 1.24 bits per heavy atom. The van der Waals surface area contributed by atoms with E-state index in [1.165, 1.54) is 10.9 Å². The number of rotatable bonds is 5. The molecule has 132 valence electrons. The number of nitrogens with one attached hydrogen (secondary N) is 1. The van der Waals surface area contributed by atoms with Gasteiger partial charge < -0.3 is 10.2 Å². The zero-order chi connectivity index (χ0) is 17.8. The molecular formula is C18H22N4O3. The largest absolute Gasteiger partial charge is 0.354 e. The second-order valence-corrected chi connectivity index (χ2v) is 6.34. The van der Waals surface area contributed by atoms with Crippen LogP contribution in [0, 0.1) is 6.92 Å². The number of benzene rings is 1. The molecule has 1 aliphatic rings. The Kier molecular flexibility index (Phi) is 5.11. The topological polar surface area (TPSA) is 84.3 Å². The highest BCUT2D eigenvalue weighted by atomic mass is 16.2. The van der Waals surface area contributed by atoms with Gasteiger partial charge in [0.1, 0.15) is 6.54 Å². The van der Waals surface area contributed by atoms with Crippen LogP contribution in [0.2, 0.25) is 0 Å². The van der Waals surface area contributed by atoms with E-state index in [-0.39, 0.29) is 36.9 Å². The second-order valence-electron chi connectivity index (χ2n) is 6.34. The van der Waals surface area contributed by atoms with Gasteiger partial charge in [0.15, 0.2) is 0 Å². The molecule has 0 radical (unpaired) electrons. The molecule has 2 aromatic rings. The van der Waals surface area contributed by atoms with Crippen molar-refractivity contribution in [2.24, 2.45) is 0 Å². The van der Waals surface area contributed by atoms with Gasteiger partial charge in [-0.1, -0.05) is 12.1 Å². The van der Waals surface area contributed by atoms with Gasteiger partial charge in [0, 0.05) is 26.1 Å². The SMILES string of the molecule is Cc1cccc2c(=O)n(CC(=O)NCCC(=O)N3CCCC3)cnc12. The van der Waals surface area contributed by atoms with Crippen LogP contribution in [0.1, 0.15) is 24.8 Å². The third-order valence-electron chi connectivity index (χ3n) is 4.49. The number of hydrogen-bond donors (Lipinski definition) is 1. The molecular weight excluding hydrogens is 320 g/mol. The first-order chi connectivity index (χ1) is 12.1. The Morgan fingerprint density at radius 2 is 2.00 bits per heavy atom. The number of carbonyl (C=O) groups excluding carboxylic acids is 2. The number of likely N-dealkylation sites (tertiary alicyclic amines) is 1. The highest BCUT2D eigenvalue weighted by molar-refractivity contribution is 5.81. The molecule has 1 aromatic heterocycles. The fourth-order valence-corrected chi connectivity index (χ4v) is 3.09. The highest BCUT2D eigenvalue weighted by Gasteiger charge is 2.17. The number of hydrogen-bond acceptors (Lipinski definition) is 4. The minimum absolute atomic E-state index is 0.0674. The van der Waals surface area contributed by atoms with Crippen LogP contribution in [-0.4, -0.2) is 45.9 Å². The Labute approximate surface area is 145 Å². The molecule has 0 spiro atoms. The summed E-state index contributed by atoms with van der Waals surface area (Å²) in [5.74, 6) is -0.233. The van der Waals surface area contributed by atoms with Gasteiger partial charge in [-0.3, -0.25) is 19.0 Å². The lowest BCUT2D eigenvalue weighted by Gasteiger charge is -2.15. The second kappa shape index (κ2) is 7.46. The van der Waals surface area contributed by atoms with E-state index in [1.54, 1.807) is 12.1 Å². The minimum Gasteiger partial charge on any atom is -0.354 e. The maximum absolute atomic E-state index is 12.5. The van der Waals surface area contributed by atoms with Gasteiger partial charge in [-0.2, -0.15) is 0 Å². The number of fused-ring (bicyclic) bond motifs is 1. The molecule has 3 rings (SSSR count). The van der Waals surface area contributed by atoms with Crippen molar-refractivity contribution >= 4 is 22.7 Å². The summed E-state index contributed by atoms with van der Waals surface area (Å²) in [6.07, 6.45) is 3.79. The molecule has 7 nitrogen and oxygen atoms in total. The van der Waals surface area contributed by atoms with Crippen LogP contribution in [0.4, 0.5) is 0 Å². The zero-order valence-electron chi connectivity index (χ0n) is 14.3. The van der Waals surface area contributed by atoms with Crippen LogP contribution < -0.4 is 10.9 Å². The lowest BCUT2D eigenvalue weighted by Crippen LogP contribution is -2.35. The summed E-state index contributed by atoms with van der Waals surface area (Å²) in [4.78, 5) is 42.5. The van der Waals surface area contributed by atoms with E-state index in [2.05, 4.69) is 10.3 Å². The van der Waals surface area contributed by atoms with Gasteiger partial charge in [-0.05, 0) is 31.4 Å². The highest BCUT2D eigenvalue weighted by Crippen LogP contribution is 2.11. The molecule has 2 amide bonds. The molecule has 0 unspecified atom stereocenters. The summed E-state index contributed by atoms with van der Waals surface area (Å²) in [5.41, 5.74) is 1.34. The van der Waals surface area contributed by atoms with E-state index in [9.17, 15) is 14.4 Å². The third-order valence-corrected chi connectivity index (χ3v) is 4.49. The summed E-state index contributed by atoms with van der Waals surface area (Å²) < 4.78 is 1.29. The molecule has 0 saturated carbocycles. The van der Waals surface area contributed by atoms with Crippen molar-refractivity contribution in [2.45, 2.75) is 32.7 Å². The fraction of sp³-hybridized carbons (Fsp3) is 0.444. The van der Waals surface area contributed by atoms with Gasteiger partial charge in [-0.15, -0.1) is 0 Å². The first-order valence-electron chi connectivity index (χ1n) is 8.55. The van der Waals surface area contributed by atoms with Crippen LogP contribution >= 0.6 is 0 Å². The summed E-state index contributed by atoms with van der Waals surface area (Å²) in [6, 6.07) is 5.40. The standard InChI is InChI=1S/C18H22N4O3/c1-13-5-4-6-14-17(13)20-12-22(18(14)25)11-15(23)19-8-7-16(24)21-9-2-3-10-21/h4-6,12H,2-3,7-11H2,1H3,(H,19,23). The predicted octanol–water partition coefficient (Wildman–Crippen LogP) is 0.834. The minimum atomic E-state index is -0.301. The lowest BCUT2D eigenvalue weighted by atomic mass is 10.1. The Hall–Kier alpha value is -2.70. The molecule has 0 bridgehead atoms. The van der Waals surface area contributed by atoms with Crippen LogP contribution in [-0.2, 0) is 16.1 Å². The Morgan fingerprint density at radius 3 is 2.76 bits per heavy atom. The van der Waals surface area contributed by atoms with Crippen LogP contribution in [0.15, 0.2) is 29.3 Å². The Bertz CT molecular complexity index is 853. The first-order valence-corrected chi connectivity index (χ1v) is 8.55. The number of nitrogens with zero attached hydrogens (tertiary/aromatic N) is 3. The van der Waals surface area contributed by atoms with Crippen molar-refractivity contribution in [1.82, 2.24) is 19.8 Å². The molecule has 1 aromatic carbocycles. The van der Waals surface area contributed by atoms with Gasteiger partial charge in [0.2, 0.25) is 11.8 Å². The fourth-order valence-electron chi connectivity index (χ4n) is 3.09. The maximum Gasteiger partial charge on any atom is 0.261 e. The zero-order valence-corrected chi connectivity index (χ0v) is 14.3. The van der Waals surface area contributed by atoms with Crippen LogP contribution in [0.5, 0.6) is 0 Å². The molecule has 1 aliphatic heterocycles. The number of aryl methyl sites for hydroxylation is 1. The van der Waals surface area contributed by atoms with E-state index in [0.29, 0.717) is 10.9 Å². The van der Waals surface area contributed by atoms with E-state index in [0.717, 1.165) is 31.5 Å². The molecule has 2 heterocycles. The number of aromatic nitrogens is 2. The Balaban J connectivity index is 1.58. The van der Waals surface area contributed by atoms with E-state index in [4.69, 9.17) is 0 Å². The molecule has 0 aliphatic carbocycles. The average molecular weight is 342 g/mol. The van der Waals surface area contributed by atoms with Gasteiger partial charge in [0.05, 0.1) is 17.2 Å². The molecule has 1 saturated heterocycles. The number of carbonyl (C=O) groups is 2. The predicted molar refractivity (Wildman–Crippen MR) is 94.2 cm³/mol. The summed E-state index contributed by atoms with van der Waals surface area (Å²) in [5, 5.41) is 3.20. The van der Waals surface area contributed by atoms with Gasteiger partial charge in [0.25, 0.3) is 5.56 Å². The smallest absolute Gasteiger partial charge is 0.261 e. The summed E-state index contributed by atoms with van der Waals surface area (Å²) >= 11 is 0. The van der Waals surface area contributed by atoms with Gasteiger partial charge >= 0.3 is 0 Å². The van der Waals surface area contributed by atoms with Crippen LogP contribution in [0.25, 0.3) is 10.9 Å². The average Bonchev–Trinajstić information content (AvgIpc) is 3.12. The molecule has 1 fully saturated rings. The normalized spacial score (nSPS) is 14.0. The van der Waals surface area contributed by atoms with E-state index in [1.807, 2.05) is 17.9 Å². The van der Waals surface area contributed by atoms with Gasteiger partial charge in [-0.25, -0.2) is 4.98 Å². The maximum atomic E-state index is 12.5.